The zero-order chi connectivity index (χ0) is 19.4. The van der Waals surface area contributed by atoms with Crippen molar-refractivity contribution >= 4 is 46.5 Å². The monoisotopic (exact) mass is 382 g/mol. The van der Waals surface area contributed by atoms with Crippen LogP contribution in [0, 0.1) is 0 Å². The van der Waals surface area contributed by atoms with E-state index < -0.39 is 29.6 Å². The summed E-state index contributed by atoms with van der Waals surface area (Å²) < 4.78 is 0. The molecule has 1 saturated heterocycles. The van der Waals surface area contributed by atoms with E-state index in [4.69, 9.17) is 5.11 Å². The van der Waals surface area contributed by atoms with Crippen LogP contribution < -0.4 is 5.32 Å². The third-order valence-electron chi connectivity index (χ3n) is 3.66. The van der Waals surface area contributed by atoms with E-state index in [1.54, 1.807) is 42.5 Å². The minimum atomic E-state index is -1.09. The fourth-order valence-corrected chi connectivity index (χ4v) is 3.25. The van der Waals surface area contributed by atoms with Crippen molar-refractivity contribution < 1.29 is 24.3 Å². The Morgan fingerprint density at radius 1 is 1.07 bits per heavy atom. The first-order chi connectivity index (χ1) is 12.9. The Labute approximate surface area is 158 Å². The van der Waals surface area contributed by atoms with Gasteiger partial charge in [-0.2, -0.15) is 0 Å². The summed E-state index contributed by atoms with van der Waals surface area (Å²) in [7, 11) is 0. The maximum absolute atomic E-state index is 12.4. The van der Waals surface area contributed by atoms with E-state index in [0.29, 0.717) is 23.0 Å². The lowest BCUT2D eigenvalue weighted by atomic mass is 10.1. The van der Waals surface area contributed by atoms with Crippen molar-refractivity contribution in [2.75, 3.05) is 11.9 Å². The van der Waals surface area contributed by atoms with Crippen LogP contribution in [-0.2, 0) is 9.59 Å². The van der Waals surface area contributed by atoms with Crippen LogP contribution in [0.2, 0.25) is 0 Å². The van der Waals surface area contributed by atoms with E-state index in [0.717, 1.165) is 4.90 Å². The summed E-state index contributed by atoms with van der Waals surface area (Å²) in [6, 6.07) is 14.7. The highest BCUT2D eigenvalue weighted by Crippen LogP contribution is 2.32. The van der Waals surface area contributed by atoms with E-state index in [-0.39, 0.29) is 10.5 Å². The number of nitrogens with one attached hydrogen (secondary N) is 1. The second kappa shape index (κ2) is 7.88. The van der Waals surface area contributed by atoms with Crippen molar-refractivity contribution in [2.45, 2.75) is 0 Å². The lowest BCUT2D eigenvalue weighted by Gasteiger charge is -2.12. The summed E-state index contributed by atoms with van der Waals surface area (Å²) in [5, 5.41) is 11.1. The maximum atomic E-state index is 12.4. The molecule has 0 radical (unpaired) electrons. The van der Waals surface area contributed by atoms with Gasteiger partial charge in [0.2, 0.25) is 5.91 Å². The van der Waals surface area contributed by atoms with Crippen molar-refractivity contribution in [3.8, 4) is 0 Å². The summed E-state index contributed by atoms with van der Waals surface area (Å²) in [5.41, 5.74) is 1.12. The van der Waals surface area contributed by atoms with E-state index in [9.17, 15) is 19.2 Å². The van der Waals surface area contributed by atoms with Gasteiger partial charge in [0.05, 0.1) is 10.5 Å². The van der Waals surface area contributed by atoms with Gasteiger partial charge in [-0.25, -0.2) is 4.79 Å². The third kappa shape index (κ3) is 4.42. The Kier molecular flexibility index (Phi) is 5.37. The summed E-state index contributed by atoms with van der Waals surface area (Å²) in [5.74, 6) is -2.16. The first-order valence-corrected chi connectivity index (χ1v) is 8.69. The second-order valence-electron chi connectivity index (χ2n) is 5.61. The van der Waals surface area contributed by atoms with Crippen LogP contribution in [-0.4, -0.2) is 39.6 Å². The number of aromatic carboxylic acids is 1. The number of benzene rings is 2. The number of imide groups is 1. The summed E-state index contributed by atoms with van der Waals surface area (Å²) in [4.78, 5) is 48.7. The fraction of sp³-hybridized carbons (Fsp3) is 0.0526. The molecule has 136 valence electrons. The zero-order valence-corrected chi connectivity index (χ0v) is 14.7. The van der Waals surface area contributed by atoms with Crippen molar-refractivity contribution in [2.24, 2.45) is 0 Å². The van der Waals surface area contributed by atoms with Gasteiger partial charge in [0, 0.05) is 5.69 Å². The molecule has 0 atom stereocenters. The number of carboxylic acid groups (broad SMARTS) is 1. The number of amides is 3. The van der Waals surface area contributed by atoms with Crippen LogP contribution >= 0.6 is 11.8 Å². The lowest BCUT2D eigenvalue weighted by Crippen LogP contribution is -2.36. The number of hydrogen-bond donors (Lipinski definition) is 2. The highest BCUT2D eigenvalue weighted by atomic mass is 32.2. The van der Waals surface area contributed by atoms with Gasteiger partial charge in [-0.3, -0.25) is 19.3 Å². The Bertz CT molecular complexity index is 956. The number of carboxylic acids is 1. The molecule has 0 spiro atoms. The number of anilines is 1. The van der Waals surface area contributed by atoms with Gasteiger partial charge in [0.1, 0.15) is 6.54 Å². The van der Waals surface area contributed by atoms with Gasteiger partial charge in [-0.1, -0.05) is 30.3 Å². The quantitative estimate of drug-likeness (QED) is 0.771. The van der Waals surface area contributed by atoms with Gasteiger partial charge < -0.3 is 10.4 Å². The number of thioether (sulfide) groups is 1. The molecule has 0 unspecified atom stereocenters. The molecule has 2 aromatic rings. The molecular weight excluding hydrogens is 368 g/mol. The first-order valence-electron chi connectivity index (χ1n) is 7.87. The van der Waals surface area contributed by atoms with Gasteiger partial charge in [-0.05, 0) is 47.7 Å². The number of rotatable bonds is 5. The van der Waals surface area contributed by atoms with Crippen LogP contribution in [0.1, 0.15) is 15.9 Å². The molecule has 27 heavy (non-hydrogen) atoms. The average molecular weight is 382 g/mol. The molecule has 1 aliphatic heterocycles. The molecular formula is C19H14N2O5S. The molecule has 1 fully saturated rings. The van der Waals surface area contributed by atoms with Crippen molar-refractivity contribution in [1.29, 1.82) is 0 Å². The molecule has 3 rings (SSSR count). The second-order valence-corrected chi connectivity index (χ2v) is 6.61. The third-order valence-corrected chi connectivity index (χ3v) is 4.57. The van der Waals surface area contributed by atoms with E-state index >= 15 is 0 Å². The Balaban J connectivity index is 1.72. The topological polar surface area (TPSA) is 104 Å². The molecule has 2 N–H and O–H groups in total. The maximum Gasteiger partial charge on any atom is 0.335 e. The van der Waals surface area contributed by atoms with Crippen molar-refractivity contribution in [1.82, 2.24) is 4.90 Å². The van der Waals surface area contributed by atoms with Crippen LogP contribution in [0.3, 0.4) is 0 Å². The lowest BCUT2D eigenvalue weighted by molar-refractivity contribution is -0.127. The molecule has 1 heterocycles. The molecule has 0 aliphatic carbocycles. The molecule has 0 aromatic heterocycles. The molecule has 2 aromatic carbocycles. The molecule has 0 bridgehead atoms. The van der Waals surface area contributed by atoms with Crippen LogP contribution in [0.25, 0.3) is 6.08 Å². The Morgan fingerprint density at radius 2 is 1.81 bits per heavy atom. The Morgan fingerprint density at radius 3 is 2.52 bits per heavy atom. The van der Waals surface area contributed by atoms with Crippen LogP contribution in [0.5, 0.6) is 0 Å². The number of carbonyl (C=O) groups is 4. The molecule has 8 heteroatoms. The molecule has 0 saturated carbocycles. The number of nitrogens with zero attached hydrogens (tertiary/aromatic N) is 1. The predicted octanol–water partition coefficient (Wildman–Crippen LogP) is 3.06. The smallest absolute Gasteiger partial charge is 0.335 e. The Hall–Kier alpha value is -3.39. The summed E-state index contributed by atoms with van der Waals surface area (Å²) in [6.45, 7) is -0.397. The van der Waals surface area contributed by atoms with Crippen molar-refractivity contribution in [3.63, 3.8) is 0 Å². The normalized spacial score (nSPS) is 15.3. The number of carbonyl (C=O) groups excluding carboxylic acids is 3. The average Bonchev–Trinajstić information content (AvgIpc) is 2.90. The minimum Gasteiger partial charge on any atom is -0.478 e. The standard InChI is InChI=1S/C19H14N2O5S/c22-16(20-14-7-2-1-3-8-14)11-21-17(23)15(27-19(21)26)10-12-5-4-6-13(9-12)18(24)25/h1-10H,11H2,(H,20,22)(H,24,25)/b15-10+. The fourth-order valence-electron chi connectivity index (χ4n) is 2.41. The summed E-state index contributed by atoms with van der Waals surface area (Å²) in [6.07, 6.45) is 1.44. The molecule has 1 aliphatic rings. The number of hydrogen-bond acceptors (Lipinski definition) is 5. The van der Waals surface area contributed by atoms with E-state index in [1.165, 1.54) is 18.2 Å². The van der Waals surface area contributed by atoms with Crippen LogP contribution in [0.4, 0.5) is 10.5 Å². The molecule has 7 nitrogen and oxygen atoms in total. The highest BCUT2D eigenvalue weighted by molar-refractivity contribution is 8.18. The first kappa shape index (κ1) is 18.4. The van der Waals surface area contributed by atoms with Gasteiger partial charge in [-0.15, -0.1) is 0 Å². The zero-order valence-electron chi connectivity index (χ0n) is 13.9. The summed E-state index contributed by atoms with van der Waals surface area (Å²) >= 11 is 0.710. The minimum absolute atomic E-state index is 0.0743. The van der Waals surface area contributed by atoms with E-state index in [2.05, 4.69) is 5.32 Å². The molecule has 3 amide bonds. The predicted molar refractivity (Wildman–Crippen MR) is 101 cm³/mol. The largest absolute Gasteiger partial charge is 0.478 e. The van der Waals surface area contributed by atoms with Crippen LogP contribution in [0.15, 0.2) is 59.5 Å². The van der Waals surface area contributed by atoms with Gasteiger partial charge in [0.15, 0.2) is 0 Å². The van der Waals surface area contributed by atoms with Gasteiger partial charge in [0.25, 0.3) is 11.1 Å². The SMILES string of the molecule is O=C(CN1C(=O)S/C(=C/c2cccc(C(=O)O)c2)C1=O)Nc1ccccc1. The number of para-hydroxylation sites is 1. The van der Waals surface area contributed by atoms with E-state index in [1.807, 2.05) is 0 Å². The highest BCUT2D eigenvalue weighted by Gasteiger charge is 2.36. The van der Waals surface area contributed by atoms with Crippen molar-refractivity contribution in [3.05, 3.63) is 70.6 Å². The van der Waals surface area contributed by atoms with Gasteiger partial charge >= 0.3 is 5.97 Å².